The number of para-hydroxylation sites is 1. The first-order chi connectivity index (χ1) is 8.66. The van der Waals surface area contributed by atoms with Crippen molar-refractivity contribution in [2.75, 3.05) is 0 Å². The molecule has 1 aromatic carbocycles. The van der Waals surface area contributed by atoms with Crippen LogP contribution in [0.2, 0.25) is 0 Å². The second kappa shape index (κ2) is 5.87. The summed E-state index contributed by atoms with van der Waals surface area (Å²) in [5, 5.41) is 2.21. The third-order valence-electron chi connectivity index (χ3n) is 3.44. The van der Waals surface area contributed by atoms with Gasteiger partial charge in [0.05, 0.1) is 5.69 Å². The lowest BCUT2D eigenvalue weighted by atomic mass is 10.00. The van der Waals surface area contributed by atoms with Crippen LogP contribution in [-0.2, 0) is 0 Å². The predicted molar refractivity (Wildman–Crippen MR) is 75.5 cm³/mol. The van der Waals surface area contributed by atoms with Gasteiger partial charge in [-0.05, 0) is 38.8 Å². The minimum atomic E-state index is 0.460. The van der Waals surface area contributed by atoms with E-state index in [2.05, 4.69) is 29.3 Å². The average molecular weight is 246 g/mol. The summed E-state index contributed by atoms with van der Waals surface area (Å²) in [5.74, 6) is 0.460. The minimum absolute atomic E-state index is 0.460. The van der Waals surface area contributed by atoms with E-state index in [1.807, 2.05) is 30.3 Å². The minimum Gasteiger partial charge on any atom is -0.369 e. The van der Waals surface area contributed by atoms with Gasteiger partial charge < -0.3 is 5.73 Å². The maximum atomic E-state index is 5.96. The summed E-state index contributed by atoms with van der Waals surface area (Å²) in [7, 11) is 0. The number of nitrogens with two attached hydrogens (primary N) is 1. The average Bonchev–Trinajstić information content (AvgIpc) is 2.35. The Balaban J connectivity index is 2.02. The van der Waals surface area contributed by atoms with Gasteiger partial charge in [-0.25, -0.2) is 10.0 Å². The van der Waals surface area contributed by atoms with Crippen LogP contribution in [0.5, 0.6) is 0 Å². The second-order valence-electron chi connectivity index (χ2n) is 4.98. The van der Waals surface area contributed by atoms with Crippen molar-refractivity contribution in [2.24, 2.45) is 10.7 Å². The van der Waals surface area contributed by atoms with Crippen molar-refractivity contribution in [2.45, 2.75) is 45.2 Å². The van der Waals surface area contributed by atoms with Crippen LogP contribution in [0, 0.1) is 0 Å². The Morgan fingerprint density at radius 3 is 2.44 bits per heavy atom. The predicted octanol–water partition coefficient (Wildman–Crippen LogP) is 2.40. The number of aliphatic imine (C=N–C) groups is 1. The molecule has 2 unspecified atom stereocenters. The molecular weight excluding hydrogens is 224 g/mol. The highest BCUT2D eigenvalue weighted by Gasteiger charge is 2.24. The van der Waals surface area contributed by atoms with Crippen LogP contribution >= 0.6 is 0 Å². The summed E-state index contributed by atoms with van der Waals surface area (Å²) >= 11 is 0. The molecule has 98 valence electrons. The Hall–Kier alpha value is -1.55. The van der Waals surface area contributed by atoms with Crippen LogP contribution in [0.15, 0.2) is 35.3 Å². The molecule has 2 rings (SSSR count). The quantitative estimate of drug-likeness (QED) is 0.622. The summed E-state index contributed by atoms with van der Waals surface area (Å²) in [5.41, 5.74) is 10.1. The third kappa shape index (κ3) is 3.23. The Morgan fingerprint density at radius 2 is 1.83 bits per heavy atom. The molecule has 0 saturated carbocycles. The van der Waals surface area contributed by atoms with Crippen molar-refractivity contribution < 1.29 is 0 Å². The molecule has 0 radical (unpaired) electrons. The maximum Gasteiger partial charge on any atom is 0.208 e. The van der Waals surface area contributed by atoms with Gasteiger partial charge in [0.2, 0.25) is 5.96 Å². The molecule has 1 aliphatic rings. The molecule has 0 spiro atoms. The van der Waals surface area contributed by atoms with Crippen molar-refractivity contribution in [3.63, 3.8) is 0 Å². The van der Waals surface area contributed by atoms with Crippen molar-refractivity contribution >= 4 is 11.6 Å². The van der Waals surface area contributed by atoms with Crippen molar-refractivity contribution in [1.82, 2.24) is 10.4 Å². The molecule has 1 saturated heterocycles. The van der Waals surface area contributed by atoms with Crippen LogP contribution in [0.4, 0.5) is 5.69 Å². The van der Waals surface area contributed by atoms with Gasteiger partial charge in [0.25, 0.3) is 0 Å². The van der Waals surface area contributed by atoms with Gasteiger partial charge >= 0.3 is 0 Å². The van der Waals surface area contributed by atoms with E-state index < -0.39 is 0 Å². The zero-order valence-electron chi connectivity index (χ0n) is 11.1. The second-order valence-corrected chi connectivity index (χ2v) is 4.98. The van der Waals surface area contributed by atoms with Gasteiger partial charge in [0.1, 0.15) is 0 Å². The molecule has 4 heteroatoms. The Morgan fingerprint density at radius 1 is 1.22 bits per heavy atom. The SMILES string of the molecule is CC1CCCC(C)N1NC(N)=Nc1ccccc1. The standard InChI is InChI=1S/C14H22N4/c1-11-7-6-8-12(2)18(11)17-14(15)16-13-9-4-3-5-10-13/h3-5,9-12H,6-8H2,1-2H3,(H3,15,16,17). The van der Waals surface area contributed by atoms with Gasteiger partial charge in [-0.3, -0.25) is 5.43 Å². The van der Waals surface area contributed by atoms with E-state index >= 15 is 0 Å². The summed E-state index contributed by atoms with van der Waals surface area (Å²) in [6.45, 7) is 4.44. The molecule has 2 atom stereocenters. The van der Waals surface area contributed by atoms with Crippen LogP contribution in [0.25, 0.3) is 0 Å². The first-order valence-electron chi connectivity index (χ1n) is 6.61. The number of piperidine rings is 1. The lowest BCUT2D eigenvalue weighted by Gasteiger charge is -2.38. The molecule has 1 heterocycles. The topological polar surface area (TPSA) is 53.6 Å². The van der Waals surface area contributed by atoms with Crippen molar-refractivity contribution in [3.8, 4) is 0 Å². The Kier molecular flexibility index (Phi) is 4.20. The molecule has 0 aromatic heterocycles. The van der Waals surface area contributed by atoms with Gasteiger partial charge in [0, 0.05) is 12.1 Å². The molecule has 0 amide bonds. The van der Waals surface area contributed by atoms with Crippen LogP contribution in [-0.4, -0.2) is 23.1 Å². The first-order valence-corrected chi connectivity index (χ1v) is 6.61. The zero-order valence-corrected chi connectivity index (χ0v) is 11.1. The molecule has 4 nitrogen and oxygen atoms in total. The van der Waals surface area contributed by atoms with E-state index in [-0.39, 0.29) is 0 Å². The number of guanidine groups is 1. The fourth-order valence-corrected chi connectivity index (χ4v) is 2.44. The number of benzene rings is 1. The fraction of sp³-hybridized carbons (Fsp3) is 0.500. The van der Waals surface area contributed by atoms with Crippen LogP contribution in [0.1, 0.15) is 33.1 Å². The Bertz CT molecular complexity index is 392. The lowest BCUT2D eigenvalue weighted by Crippen LogP contribution is -2.56. The fourth-order valence-electron chi connectivity index (χ4n) is 2.44. The van der Waals surface area contributed by atoms with E-state index in [1.165, 1.54) is 19.3 Å². The number of hydrogen-bond donors (Lipinski definition) is 2. The largest absolute Gasteiger partial charge is 0.369 e. The molecule has 1 aliphatic heterocycles. The molecular formula is C14H22N4. The van der Waals surface area contributed by atoms with Gasteiger partial charge in [-0.2, -0.15) is 0 Å². The summed E-state index contributed by atoms with van der Waals surface area (Å²) in [6.07, 6.45) is 3.70. The number of hydrazine groups is 1. The third-order valence-corrected chi connectivity index (χ3v) is 3.44. The summed E-state index contributed by atoms with van der Waals surface area (Å²) < 4.78 is 0. The molecule has 1 aromatic rings. The zero-order chi connectivity index (χ0) is 13.0. The molecule has 3 N–H and O–H groups in total. The Labute approximate surface area is 109 Å². The lowest BCUT2D eigenvalue weighted by molar-refractivity contribution is 0.0735. The summed E-state index contributed by atoms with van der Waals surface area (Å²) in [6, 6.07) is 10.8. The van der Waals surface area contributed by atoms with Gasteiger partial charge in [-0.15, -0.1) is 0 Å². The molecule has 1 fully saturated rings. The molecule has 0 aliphatic carbocycles. The van der Waals surface area contributed by atoms with E-state index in [0.717, 1.165) is 5.69 Å². The monoisotopic (exact) mass is 246 g/mol. The van der Waals surface area contributed by atoms with E-state index in [0.29, 0.717) is 18.0 Å². The van der Waals surface area contributed by atoms with Crippen LogP contribution in [0.3, 0.4) is 0 Å². The van der Waals surface area contributed by atoms with Crippen LogP contribution < -0.4 is 11.2 Å². The highest BCUT2D eigenvalue weighted by Crippen LogP contribution is 2.20. The smallest absolute Gasteiger partial charge is 0.208 e. The maximum absolute atomic E-state index is 5.96. The first kappa shape index (κ1) is 12.9. The number of rotatable bonds is 2. The van der Waals surface area contributed by atoms with Crippen molar-refractivity contribution in [3.05, 3.63) is 30.3 Å². The van der Waals surface area contributed by atoms with E-state index in [4.69, 9.17) is 5.73 Å². The number of hydrogen-bond acceptors (Lipinski definition) is 2. The number of nitrogens with zero attached hydrogens (tertiary/aromatic N) is 2. The van der Waals surface area contributed by atoms with E-state index in [1.54, 1.807) is 0 Å². The summed E-state index contributed by atoms with van der Waals surface area (Å²) in [4.78, 5) is 4.36. The normalized spacial score (nSPS) is 26.0. The highest BCUT2D eigenvalue weighted by molar-refractivity contribution is 5.80. The molecule has 0 bridgehead atoms. The van der Waals surface area contributed by atoms with Gasteiger partial charge in [0.15, 0.2) is 0 Å². The highest BCUT2D eigenvalue weighted by atomic mass is 15.6. The van der Waals surface area contributed by atoms with Gasteiger partial charge in [-0.1, -0.05) is 24.6 Å². The number of nitrogens with one attached hydrogen (secondary N) is 1. The van der Waals surface area contributed by atoms with E-state index in [9.17, 15) is 0 Å². The molecule has 18 heavy (non-hydrogen) atoms. The van der Waals surface area contributed by atoms with Crippen molar-refractivity contribution in [1.29, 1.82) is 0 Å².